The van der Waals surface area contributed by atoms with Gasteiger partial charge in [0.25, 0.3) is 0 Å². The van der Waals surface area contributed by atoms with E-state index in [1.54, 1.807) is 12.1 Å². The first-order chi connectivity index (χ1) is 9.53. The molecule has 1 fully saturated rings. The molecule has 1 atom stereocenters. The Morgan fingerprint density at radius 1 is 1.55 bits per heavy atom. The highest BCUT2D eigenvalue weighted by atomic mass is 16.6. The SMILES string of the molecule is CC1(C)CNCC(COc2ccc3n[nH]c(=O)n3n2)O1. The summed E-state index contributed by atoms with van der Waals surface area (Å²) in [5.74, 6) is 0.368. The van der Waals surface area contributed by atoms with Crippen molar-refractivity contribution in [3.8, 4) is 5.88 Å². The number of fused-ring (bicyclic) bond motifs is 1. The molecule has 0 spiro atoms. The Morgan fingerprint density at radius 3 is 3.20 bits per heavy atom. The van der Waals surface area contributed by atoms with Crippen LogP contribution < -0.4 is 15.7 Å². The summed E-state index contributed by atoms with van der Waals surface area (Å²) in [6.07, 6.45) is -0.0441. The van der Waals surface area contributed by atoms with Gasteiger partial charge >= 0.3 is 5.69 Å². The van der Waals surface area contributed by atoms with Crippen LogP contribution in [0.4, 0.5) is 0 Å². The van der Waals surface area contributed by atoms with Crippen molar-refractivity contribution in [1.29, 1.82) is 0 Å². The van der Waals surface area contributed by atoms with Crippen molar-refractivity contribution in [2.24, 2.45) is 0 Å². The van der Waals surface area contributed by atoms with Crippen LogP contribution in [0.15, 0.2) is 16.9 Å². The van der Waals surface area contributed by atoms with E-state index in [0.29, 0.717) is 18.1 Å². The lowest BCUT2D eigenvalue weighted by Crippen LogP contribution is -2.52. The van der Waals surface area contributed by atoms with Crippen LogP contribution in [-0.4, -0.2) is 51.2 Å². The molecule has 1 unspecified atom stereocenters. The van der Waals surface area contributed by atoms with Gasteiger partial charge in [0.05, 0.1) is 5.60 Å². The third kappa shape index (κ3) is 2.66. The molecule has 0 saturated carbocycles. The van der Waals surface area contributed by atoms with E-state index in [-0.39, 0.29) is 17.4 Å². The zero-order valence-corrected chi connectivity index (χ0v) is 11.4. The first kappa shape index (κ1) is 13.1. The highest BCUT2D eigenvalue weighted by Gasteiger charge is 2.28. The number of nitrogens with zero attached hydrogens (tertiary/aromatic N) is 3. The summed E-state index contributed by atoms with van der Waals surface area (Å²) in [7, 11) is 0. The van der Waals surface area contributed by atoms with E-state index in [1.807, 2.05) is 13.8 Å². The summed E-state index contributed by atoms with van der Waals surface area (Å²) in [5.41, 5.74) is -0.133. The highest BCUT2D eigenvalue weighted by Crippen LogP contribution is 2.16. The monoisotopic (exact) mass is 279 g/mol. The number of ether oxygens (including phenoxy) is 2. The van der Waals surface area contributed by atoms with Gasteiger partial charge in [-0.1, -0.05) is 0 Å². The molecule has 0 aromatic carbocycles. The molecule has 3 heterocycles. The third-order valence-corrected chi connectivity index (χ3v) is 3.07. The van der Waals surface area contributed by atoms with Gasteiger partial charge in [-0.15, -0.1) is 5.10 Å². The molecule has 1 aliphatic rings. The van der Waals surface area contributed by atoms with Gasteiger partial charge in [-0.05, 0) is 19.9 Å². The van der Waals surface area contributed by atoms with Gasteiger partial charge in [0, 0.05) is 19.2 Å². The fraction of sp³-hybridized carbons (Fsp3) is 0.583. The quantitative estimate of drug-likeness (QED) is 0.791. The van der Waals surface area contributed by atoms with E-state index in [1.165, 1.54) is 4.52 Å². The van der Waals surface area contributed by atoms with Gasteiger partial charge in [0.2, 0.25) is 5.88 Å². The summed E-state index contributed by atoms with van der Waals surface area (Å²) in [6.45, 7) is 5.99. The van der Waals surface area contributed by atoms with Crippen LogP contribution in [0.1, 0.15) is 13.8 Å². The molecule has 3 rings (SSSR count). The minimum Gasteiger partial charge on any atom is -0.474 e. The van der Waals surface area contributed by atoms with Crippen LogP contribution in [0.5, 0.6) is 5.88 Å². The van der Waals surface area contributed by atoms with Crippen molar-refractivity contribution in [2.45, 2.75) is 25.6 Å². The molecule has 2 N–H and O–H groups in total. The second-order valence-corrected chi connectivity index (χ2v) is 5.41. The lowest BCUT2D eigenvalue weighted by atomic mass is 10.1. The Balaban J connectivity index is 1.67. The van der Waals surface area contributed by atoms with Crippen molar-refractivity contribution < 1.29 is 9.47 Å². The molecule has 2 aromatic heterocycles. The number of H-pyrrole nitrogens is 1. The Labute approximate surface area is 115 Å². The van der Waals surface area contributed by atoms with Gasteiger partial charge in [-0.3, -0.25) is 0 Å². The number of rotatable bonds is 3. The van der Waals surface area contributed by atoms with E-state index in [0.717, 1.165) is 13.1 Å². The molecular formula is C12H17N5O3. The van der Waals surface area contributed by atoms with Crippen LogP contribution in [0, 0.1) is 0 Å². The van der Waals surface area contributed by atoms with Crippen molar-refractivity contribution in [2.75, 3.05) is 19.7 Å². The third-order valence-electron chi connectivity index (χ3n) is 3.07. The second kappa shape index (κ2) is 4.88. The average molecular weight is 279 g/mol. The molecule has 1 saturated heterocycles. The molecule has 8 heteroatoms. The van der Waals surface area contributed by atoms with Crippen LogP contribution in [-0.2, 0) is 4.74 Å². The summed E-state index contributed by atoms with van der Waals surface area (Å²) < 4.78 is 12.6. The Bertz CT molecular complexity index is 662. The molecule has 20 heavy (non-hydrogen) atoms. The number of hydrogen-bond donors (Lipinski definition) is 2. The number of nitrogens with one attached hydrogen (secondary N) is 2. The van der Waals surface area contributed by atoms with Crippen molar-refractivity contribution in [3.63, 3.8) is 0 Å². The summed E-state index contributed by atoms with van der Waals surface area (Å²) in [6, 6.07) is 3.35. The summed E-state index contributed by atoms with van der Waals surface area (Å²) in [4.78, 5) is 11.4. The van der Waals surface area contributed by atoms with E-state index < -0.39 is 0 Å². The molecule has 1 aliphatic heterocycles. The molecule has 0 amide bonds. The molecule has 0 aliphatic carbocycles. The molecule has 108 valence electrons. The zero-order chi connectivity index (χ0) is 14.2. The maximum absolute atomic E-state index is 11.4. The van der Waals surface area contributed by atoms with Crippen LogP contribution in [0.2, 0.25) is 0 Å². The van der Waals surface area contributed by atoms with E-state index >= 15 is 0 Å². The molecule has 2 aromatic rings. The average Bonchev–Trinajstić information content (AvgIpc) is 2.77. The maximum Gasteiger partial charge on any atom is 0.364 e. The fourth-order valence-corrected chi connectivity index (χ4v) is 2.20. The standard InChI is InChI=1S/C12H17N5O3/c1-12(2)7-13-5-8(20-12)6-19-10-4-3-9-14-15-11(18)17(9)16-10/h3-4,8,13H,5-7H2,1-2H3,(H,15,18). The maximum atomic E-state index is 11.4. The molecule has 0 radical (unpaired) electrons. The Morgan fingerprint density at radius 2 is 2.40 bits per heavy atom. The first-order valence-corrected chi connectivity index (χ1v) is 6.49. The number of hydrogen-bond acceptors (Lipinski definition) is 6. The molecular weight excluding hydrogens is 262 g/mol. The summed E-state index contributed by atoms with van der Waals surface area (Å²) in [5, 5.41) is 13.5. The van der Waals surface area contributed by atoms with Gasteiger partial charge < -0.3 is 14.8 Å². The van der Waals surface area contributed by atoms with Gasteiger partial charge in [-0.25, -0.2) is 9.89 Å². The van der Waals surface area contributed by atoms with Crippen LogP contribution >= 0.6 is 0 Å². The number of aromatic amines is 1. The Kier molecular flexibility index (Phi) is 3.19. The lowest BCUT2D eigenvalue weighted by molar-refractivity contribution is -0.107. The predicted octanol–water partition coefficient (Wildman–Crippen LogP) is -0.437. The number of morpholine rings is 1. The number of aromatic nitrogens is 4. The van der Waals surface area contributed by atoms with Crippen molar-refractivity contribution >= 4 is 5.65 Å². The molecule has 0 bridgehead atoms. The minimum atomic E-state index is -0.387. The van der Waals surface area contributed by atoms with Gasteiger partial charge in [-0.2, -0.15) is 9.61 Å². The Hall–Kier alpha value is -1.93. The zero-order valence-electron chi connectivity index (χ0n) is 11.4. The van der Waals surface area contributed by atoms with Gasteiger partial charge in [0.1, 0.15) is 12.7 Å². The van der Waals surface area contributed by atoms with E-state index in [2.05, 4.69) is 20.6 Å². The second-order valence-electron chi connectivity index (χ2n) is 5.41. The minimum absolute atomic E-state index is 0.0441. The lowest BCUT2D eigenvalue weighted by Gasteiger charge is -2.36. The summed E-state index contributed by atoms with van der Waals surface area (Å²) >= 11 is 0. The topological polar surface area (TPSA) is 93.5 Å². The fourth-order valence-electron chi connectivity index (χ4n) is 2.20. The van der Waals surface area contributed by atoms with E-state index in [9.17, 15) is 4.79 Å². The van der Waals surface area contributed by atoms with Crippen molar-refractivity contribution in [1.82, 2.24) is 25.1 Å². The highest BCUT2D eigenvalue weighted by molar-refractivity contribution is 5.35. The largest absolute Gasteiger partial charge is 0.474 e. The first-order valence-electron chi connectivity index (χ1n) is 6.49. The normalized spacial score (nSPS) is 22.0. The van der Waals surface area contributed by atoms with Crippen LogP contribution in [0.3, 0.4) is 0 Å². The van der Waals surface area contributed by atoms with Crippen LogP contribution in [0.25, 0.3) is 5.65 Å². The van der Waals surface area contributed by atoms with Gasteiger partial charge in [0.15, 0.2) is 5.65 Å². The van der Waals surface area contributed by atoms with E-state index in [4.69, 9.17) is 9.47 Å². The van der Waals surface area contributed by atoms with Crippen molar-refractivity contribution in [3.05, 3.63) is 22.6 Å². The predicted molar refractivity (Wildman–Crippen MR) is 70.9 cm³/mol. The smallest absolute Gasteiger partial charge is 0.364 e. The molecule has 8 nitrogen and oxygen atoms in total.